The van der Waals surface area contributed by atoms with Gasteiger partial charge in [-0.1, -0.05) is 29.8 Å². The van der Waals surface area contributed by atoms with Gasteiger partial charge in [0, 0.05) is 30.9 Å². The molecule has 1 fully saturated rings. The zero-order valence-corrected chi connectivity index (χ0v) is 17.7. The van der Waals surface area contributed by atoms with E-state index in [2.05, 4.69) is 5.10 Å². The number of carbonyl (C=O) groups is 1. The van der Waals surface area contributed by atoms with E-state index in [1.54, 1.807) is 18.0 Å². The lowest BCUT2D eigenvalue weighted by Crippen LogP contribution is -2.24. The van der Waals surface area contributed by atoms with Crippen molar-refractivity contribution in [2.75, 3.05) is 18.6 Å². The minimum absolute atomic E-state index is 0.0866. The topological polar surface area (TPSA) is 72.3 Å². The summed E-state index contributed by atoms with van der Waals surface area (Å²) in [6.45, 7) is 6.31. The third-order valence-electron chi connectivity index (χ3n) is 5.26. The third kappa shape index (κ3) is 4.52. The lowest BCUT2D eigenvalue weighted by molar-refractivity contribution is -0.125. The van der Waals surface area contributed by atoms with Gasteiger partial charge in [-0.2, -0.15) is 5.10 Å². The summed E-state index contributed by atoms with van der Waals surface area (Å²) in [4.78, 5) is 14.2. The number of sulfone groups is 1. The summed E-state index contributed by atoms with van der Waals surface area (Å²) in [5.41, 5.74) is 4.88. The summed E-state index contributed by atoms with van der Waals surface area (Å²) in [5, 5.41) is 4.57. The van der Waals surface area contributed by atoms with E-state index in [9.17, 15) is 13.2 Å². The first-order valence-electron chi connectivity index (χ1n) is 9.41. The predicted octanol–water partition coefficient (Wildman–Crippen LogP) is 2.84. The van der Waals surface area contributed by atoms with Gasteiger partial charge in [-0.15, -0.1) is 0 Å². The Balaban J connectivity index is 1.71. The number of hydrogen-bond acceptors (Lipinski definition) is 4. The Kier molecular flexibility index (Phi) is 5.74. The summed E-state index contributed by atoms with van der Waals surface area (Å²) >= 11 is 0. The van der Waals surface area contributed by atoms with Crippen molar-refractivity contribution in [2.24, 2.45) is 0 Å². The molecule has 150 valence electrons. The minimum atomic E-state index is -2.97. The Morgan fingerprint density at radius 1 is 1.32 bits per heavy atom. The van der Waals surface area contributed by atoms with Crippen LogP contribution in [0.2, 0.25) is 0 Å². The van der Waals surface area contributed by atoms with Crippen molar-refractivity contribution in [3.05, 3.63) is 58.4 Å². The second-order valence-corrected chi connectivity index (χ2v) is 9.82. The highest BCUT2D eigenvalue weighted by atomic mass is 32.2. The first-order valence-corrected chi connectivity index (χ1v) is 11.2. The zero-order valence-electron chi connectivity index (χ0n) is 16.8. The van der Waals surface area contributed by atoms with Crippen LogP contribution in [-0.2, 0) is 21.2 Å². The molecule has 1 atom stereocenters. The molecule has 1 amide bonds. The maximum atomic E-state index is 12.5. The SMILES string of the molecule is Cc1cccc(/C=C/C(=O)N(C)Cc2c(C)nn([C@@H]3CCS(=O)(=O)C3)c2C)c1. The molecule has 0 N–H and O–H groups in total. The summed E-state index contributed by atoms with van der Waals surface area (Å²) in [7, 11) is -1.21. The fourth-order valence-electron chi connectivity index (χ4n) is 3.63. The molecule has 2 aromatic rings. The lowest BCUT2D eigenvalue weighted by Gasteiger charge is -2.16. The van der Waals surface area contributed by atoms with Crippen LogP contribution in [0.4, 0.5) is 0 Å². The van der Waals surface area contributed by atoms with Crippen molar-refractivity contribution in [3.63, 3.8) is 0 Å². The molecule has 0 aliphatic carbocycles. The van der Waals surface area contributed by atoms with Gasteiger partial charge in [-0.05, 0) is 38.8 Å². The molecule has 1 aliphatic rings. The molecular weight excluding hydrogens is 374 g/mol. The molecule has 1 aliphatic heterocycles. The van der Waals surface area contributed by atoms with Crippen LogP contribution in [0.15, 0.2) is 30.3 Å². The largest absolute Gasteiger partial charge is 0.338 e. The molecule has 28 heavy (non-hydrogen) atoms. The van der Waals surface area contributed by atoms with Crippen LogP contribution >= 0.6 is 0 Å². The highest BCUT2D eigenvalue weighted by Gasteiger charge is 2.31. The van der Waals surface area contributed by atoms with Crippen LogP contribution in [0.3, 0.4) is 0 Å². The summed E-state index contributed by atoms with van der Waals surface area (Å²) < 4.78 is 25.4. The summed E-state index contributed by atoms with van der Waals surface area (Å²) in [6, 6.07) is 7.86. The normalized spacial score (nSPS) is 18.6. The highest BCUT2D eigenvalue weighted by molar-refractivity contribution is 7.91. The molecule has 3 rings (SSSR count). The maximum Gasteiger partial charge on any atom is 0.246 e. The standard InChI is InChI=1S/C21H27N3O3S/c1-15-6-5-7-18(12-15)8-9-21(25)23(4)13-20-16(2)22-24(17(20)3)19-10-11-28(26,27)14-19/h5-9,12,19H,10-11,13-14H2,1-4H3/b9-8+/t19-/m1/s1. The molecule has 1 aromatic carbocycles. The van der Waals surface area contributed by atoms with Crippen LogP contribution in [0.25, 0.3) is 6.08 Å². The van der Waals surface area contributed by atoms with Crippen molar-refractivity contribution in [1.82, 2.24) is 14.7 Å². The van der Waals surface area contributed by atoms with Gasteiger partial charge >= 0.3 is 0 Å². The molecule has 0 bridgehead atoms. The molecular formula is C21H27N3O3S. The van der Waals surface area contributed by atoms with Gasteiger partial charge in [0.15, 0.2) is 9.84 Å². The Labute approximate surface area is 166 Å². The zero-order chi connectivity index (χ0) is 20.5. The summed E-state index contributed by atoms with van der Waals surface area (Å²) in [5.74, 6) is 0.270. The third-order valence-corrected chi connectivity index (χ3v) is 7.01. The van der Waals surface area contributed by atoms with Crippen LogP contribution in [0, 0.1) is 20.8 Å². The molecule has 0 unspecified atom stereocenters. The van der Waals surface area contributed by atoms with Crippen molar-refractivity contribution in [1.29, 1.82) is 0 Å². The van der Waals surface area contributed by atoms with E-state index in [1.807, 2.05) is 55.8 Å². The molecule has 1 saturated heterocycles. The molecule has 7 heteroatoms. The average molecular weight is 402 g/mol. The van der Waals surface area contributed by atoms with E-state index in [1.165, 1.54) is 0 Å². The molecule has 6 nitrogen and oxygen atoms in total. The first kappa shape index (κ1) is 20.3. The van der Waals surface area contributed by atoms with Crippen molar-refractivity contribution >= 4 is 21.8 Å². The number of carbonyl (C=O) groups excluding carboxylic acids is 1. The smallest absolute Gasteiger partial charge is 0.246 e. The van der Waals surface area contributed by atoms with E-state index in [-0.39, 0.29) is 23.5 Å². The van der Waals surface area contributed by atoms with Gasteiger partial charge in [0.2, 0.25) is 5.91 Å². The van der Waals surface area contributed by atoms with Crippen molar-refractivity contribution in [2.45, 2.75) is 39.8 Å². The Hall–Kier alpha value is -2.41. The molecule has 0 spiro atoms. The number of nitrogens with zero attached hydrogens (tertiary/aromatic N) is 3. The van der Waals surface area contributed by atoms with Gasteiger partial charge in [0.05, 0.1) is 23.2 Å². The van der Waals surface area contributed by atoms with Gasteiger partial charge in [-0.3, -0.25) is 9.48 Å². The van der Waals surface area contributed by atoms with Crippen LogP contribution < -0.4 is 0 Å². The number of aromatic nitrogens is 2. The second kappa shape index (κ2) is 7.91. The molecule has 0 saturated carbocycles. The number of amides is 1. The van der Waals surface area contributed by atoms with Crippen LogP contribution in [0.1, 0.15) is 40.5 Å². The highest BCUT2D eigenvalue weighted by Crippen LogP contribution is 2.27. The Morgan fingerprint density at radius 2 is 2.07 bits per heavy atom. The van der Waals surface area contributed by atoms with E-state index in [0.29, 0.717) is 13.0 Å². The van der Waals surface area contributed by atoms with Crippen LogP contribution in [0.5, 0.6) is 0 Å². The number of rotatable bonds is 5. The fraction of sp³-hybridized carbons (Fsp3) is 0.429. The summed E-state index contributed by atoms with van der Waals surface area (Å²) in [6.07, 6.45) is 3.99. The Morgan fingerprint density at radius 3 is 2.71 bits per heavy atom. The molecule has 1 aromatic heterocycles. The second-order valence-electron chi connectivity index (χ2n) is 7.59. The predicted molar refractivity (Wildman–Crippen MR) is 111 cm³/mol. The van der Waals surface area contributed by atoms with E-state index < -0.39 is 9.84 Å². The quantitative estimate of drug-likeness (QED) is 0.722. The van der Waals surface area contributed by atoms with Crippen LogP contribution in [-0.4, -0.2) is 47.6 Å². The van der Waals surface area contributed by atoms with Gasteiger partial charge in [-0.25, -0.2) is 8.42 Å². The molecule has 2 heterocycles. The van der Waals surface area contributed by atoms with Gasteiger partial charge < -0.3 is 4.90 Å². The fourth-order valence-corrected chi connectivity index (χ4v) is 5.33. The van der Waals surface area contributed by atoms with E-state index in [0.717, 1.165) is 28.1 Å². The molecule has 0 radical (unpaired) electrons. The van der Waals surface area contributed by atoms with E-state index in [4.69, 9.17) is 0 Å². The maximum absolute atomic E-state index is 12.5. The average Bonchev–Trinajstić information content (AvgIpc) is 3.13. The number of likely N-dealkylation sites (N-methyl/N-ethyl adjacent to an activating group) is 1. The monoisotopic (exact) mass is 401 g/mol. The van der Waals surface area contributed by atoms with Crippen molar-refractivity contribution in [3.8, 4) is 0 Å². The van der Waals surface area contributed by atoms with Crippen molar-refractivity contribution < 1.29 is 13.2 Å². The van der Waals surface area contributed by atoms with Gasteiger partial charge in [0.1, 0.15) is 0 Å². The van der Waals surface area contributed by atoms with E-state index >= 15 is 0 Å². The Bertz CT molecular complexity index is 1020. The first-order chi connectivity index (χ1) is 13.2. The lowest BCUT2D eigenvalue weighted by atomic mass is 10.1. The van der Waals surface area contributed by atoms with Gasteiger partial charge in [0.25, 0.3) is 0 Å². The number of aryl methyl sites for hydroxylation is 2. The number of benzene rings is 1. The number of hydrogen-bond donors (Lipinski definition) is 0. The minimum Gasteiger partial charge on any atom is -0.338 e.